The van der Waals surface area contributed by atoms with Gasteiger partial charge >= 0.3 is 0 Å². The molecule has 0 saturated heterocycles. The summed E-state index contributed by atoms with van der Waals surface area (Å²) in [5.74, 6) is 1.70. The van der Waals surface area contributed by atoms with Crippen LogP contribution >= 0.6 is 0 Å². The Morgan fingerprint density at radius 2 is 2.00 bits per heavy atom. The first kappa shape index (κ1) is 12.5. The molecule has 102 valence electrons. The zero-order chi connectivity index (χ0) is 13.9. The second-order valence-electron chi connectivity index (χ2n) is 4.67. The van der Waals surface area contributed by atoms with Gasteiger partial charge in [-0.1, -0.05) is 0 Å². The van der Waals surface area contributed by atoms with Crippen LogP contribution in [0.4, 0.5) is 0 Å². The Balaban J connectivity index is 1.68. The second kappa shape index (κ2) is 5.25. The predicted molar refractivity (Wildman–Crippen MR) is 76.4 cm³/mol. The minimum atomic E-state index is 0.528. The van der Waals surface area contributed by atoms with Gasteiger partial charge in [0.2, 0.25) is 0 Å². The average molecular weight is 268 g/mol. The summed E-state index contributed by atoms with van der Waals surface area (Å²) in [5, 5.41) is 4.20. The maximum Gasteiger partial charge on any atom is 0.133 e. The van der Waals surface area contributed by atoms with Crippen molar-refractivity contribution >= 4 is 0 Å². The third kappa shape index (κ3) is 2.45. The lowest BCUT2D eigenvalue weighted by molar-refractivity contribution is 0.305. The molecule has 1 aromatic carbocycles. The van der Waals surface area contributed by atoms with E-state index in [0.717, 1.165) is 28.3 Å². The fourth-order valence-corrected chi connectivity index (χ4v) is 2.01. The van der Waals surface area contributed by atoms with E-state index >= 15 is 0 Å². The number of ether oxygens (including phenoxy) is 1. The first-order chi connectivity index (χ1) is 9.74. The molecule has 0 aliphatic rings. The Kier molecular flexibility index (Phi) is 3.29. The first-order valence-corrected chi connectivity index (χ1v) is 6.48. The van der Waals surface area contributed by atoms with Crippen LogP contribution in [0.25, 0.3) is 11.3 Å². The van der Waals surface area contributed by atoms with Crippen LogP contribution in [0.3, 0.4) is 0 Å². The topological polar surface area (TPSA) is 40.2 Å². The summed E-state index contributed by atoms with van der Waals surface area (Å²) in [5.41, 5.74) is 3.26. The van der Waals surface area contributed by atoms with E-state index in [1.54, 1.807) is 6.26 Å². The number of rotatable bonds is 4. The van der Waals surface area contributed by atoms with Crippen molar-refractivity contribution in [1.82, 2.24) is 9.78 Å². The van der Waals surface area contributed by atoms with E-state index in [2.05, 4.69) is 5.10 Å². The second-order valence-corrected chi connectivity index (χ2v) is 4.67. The lowest BCUT2D eigenvalue weighted by Crippen LogP contribution is -1.98. The van der Waals surface area contributed by atoms with E-state index in [-0.39, 0.29) is 0 Å². The van der Waals surface area contributed by atoms with Gasteiger partial charge < -0.3 is 9.15 Å². The fraction of sp³-hybridized carbons (Fsp3) is 0.188. The third-order valence-electron chi connectivity index (χ3n) is 3.39. The van der Waals surface area contributed by atoms with E-state index in [9.17, 15) is 0 Å². The van der Waals surface area contributed by atoms with Crippen LogP contribution in [0.15, 0.2) is 53.3 Å². The van der Waals surface area contributed by atoms with Crippen molar-refractivity contribution in [2.75, 3.05) is 0 Å². The molecule has 0 unspecified atom stereocenters. The molecule has 20 heavy (non-hydrogen) atoms. The fourth-order valence-electron chi connectivity index (χ4n) is 2.01. The lowest BCUT2D eigenvalue weighted by Gasteiger charge is -2.06. The van der Waals surface area contributed by atoms with Crippen LogP contribution in [-0.2, 0) is 13.7 Å². The zero-order valence-corrected chi connectivity index (χ0v) is 11.5. The number of aryl methyl sites for hydroxylation is 1. The average Bonchev–Trinajstić information content (AvgIpc) is 3.10. The predicted octanol–water partition coefficient (Wildman–Crippen LogP) is 3.57. The van der Waals surface area contributed by atoms with Crippen molar-refractivity contribution < 1.29 is 9.15 Å². The van der Waals surface area contributed by atoms with E-state index in [1.165, 1.54) is 0 Å². The van der Waals surface area contributed by atoms with E-state index < -0.39 is 0 Å². The lowest BCUT2D eigenvalue weighted by atomic mass is 10.2. The Hall–Kier alpha value is -2.49. The normalized spacial score (nSPS) is 10.7. The molecular weight excluding hydrogens is 252 g/mol. The number of hydrogen-bond acceptors (Lipinski definition) is 3. The standard InChI is InChI=1S/C16H16N2O2/c1-12-14(10-17-18(12)2)11-20-15-7-5-13(6-8-15)16-4-3-9-19-16/h3-10H,11H2,1-2H3. The summed E-state index contributed by atoms with van der Waals surface area (Å²) in [7, 11) is 1.93. The number of benzene rings is 1. The summed E-state index contributed by atoms with van der Waals surface area (Å²) < 4.78 is 13.0. The van der Waals surface area contributed by atoms with Gasteiger partial charge in [0.05, 0.1) is 12.5 Å². The Morgan fingerprint density at radius 1 is 1.20 bits per heavy atom. The van der Waals surface area contributed by atoms with Gasteiger partial charge in [-0.25, -0.2) is 0 Å². The molecular formula is C16H16N2O2. The van der Waals surface area contributed by atoms with Gasteiger partial charge in [-0.05, 0) is 43.3 Å². The van der Waals surface area contributed by atoms with Gasteiger partial charge in [0.1, 0.15) is 18.1 Å². The van der Waals surface area contributed by atoms with E-state index in [0.29, 0.717) is 6.61 Å². The highest BCUT2D eigenvalue weighted by Gasteiger charge is 2.05. The summed E-state index contributed by atoms with van der Waals surface area (Å²) >= 11 is 0. The highest BCUT2D eigenvalue weighted by Crippen LogP contribution is 2.23. The third-order valence-corrected chi connectivity index (χ3v) is 3.39. The van der Waals surface area contributed by atoms with Gasteiger partial charge in [0.25, 0.3) is 0 Å². The van der Waals surface area contributed by atoms with E-state index in [4.69, 9.17) is 9.15 Å². The molecule has 0 fully saturated rings. The maximum absolute atomic E-state index is 5.77. The van der Waals surface area contributed by atoms with Crippen molar-refractivity contribution in [3.8, 4) is 17.1 Å². The van der Waals surface area contributed by atoms with Crippen LogP contribution in [0.1, 0.15) is 11.3 Å². The quantitative estimate of drug-likeness (QED) is 0.726. The highest BCUT2D eigenvalue weighted by atomic mass is 16.5. The highest BCUT2D eigenvalue weighted by molar-refractivity contribution is 5.58. The molecule has 0 bridgehead atoms. The molecule has 4 heteroatoms. The van der Waals surface area contributed by atoms with Gasteiger partial charge in [0.15, 0.2) is 0 Å². The molecule has 3 aromatic rings. The molecule has 3 rings (SSSR count). The van der Waals surface area contributed by atoms with Crippen LogP contribution in [0.2, 0.25) is 0 Å². The molecule has 0 atom stereocenters. The van der Waals surface area contributed by atoms with Crippen LogP contribution in [0, 0.1) is 6.92 Å². The molecule has 4 nitrogen and oxygen atoms in total. The summed E-state index contributed by atoms with van der Waals surface area (Å²) in [4.78, 5) is 0. The smallest absolute Gasteiger partial charge is 0.133 e. The largest absolute Gasteiger partial charge is 0.489 e. The van der Waals surface area contributed by atoms with Crippen molar-refractivity contribution in [3.05, 3.63) is 60.1 Å². The summed E-state index contributed by atoms with van der Waals surface area (Å²) in [6.07, 6.45) is 3.51. The minimum absolute atomic E-state index is 0.528. The van der Waals surface area contributed by atoms with Crippen molar-refractivity contribution in [3.63, 3.8) is 0 Å². The molecule has 2 heterocycles. The zero-order valence-electron chi connectivity index (χ0n) is 11.5. The van der Waals surface area contributed by atoms with Crippen molar-refractivity contribution in [2.45, 2.75) is 13.5 Å². The van der Waals surface area contributed by atoms with Gasteiger partial charge in [0, 0.05) is 23.9 Å². The maximum atomic E-state index is 5.77. The molecule has 0 saturated carbocycles. The van der Waals surface area contributed by atoms with Crippen LogP contribution in [-0.4, -0.2) is 9.78 Å². The number of aromatic nitrogens is 2. The SMILES string of the molecule is Cc1c(COc2ccc(-c3ccco3)cc2)cnn1C. The Bertz CT molecular complexity index is 682. The summed E-state index contributed by atoms with van der Waals surface area (Å²) in [6.45, 7) is 2.56. The number of nitrogens with zero attached hydrogens (tertiary/aromatic N) is 2. The van der Waals surface area contributed by atoms with Crippen LogP contribution in [0.5, 0.6) is 5.75 Å². The minimum Gasteiger partial charge on any atom is -0.489 e. The Morgan fingerprint density at radius 3 is 2.60 bits per heavy atom. The molecule has 0 radical (unpaired) electrons. The molecule has 0 aliphatic carbocycles. The number of hydrogen-bond donors (Lipinski definition) is 0. The monoisotopic (exact) mass is 268 g/mol. The van der Waals surface area contributed by atoms with Gasteiger partial charge in [-0.2, -0.15) is 5.10 Å². The van der Waals surface area contributed by atoms with Gasteiger partial charge in [-0.15, -0.1) is 0 Å². The number of furan rings is 1. The molecule has 0 amide bonds. The molecule has 2 aromatic heterocycles. The molecule has 0 spiro atoms. The van der Waals surface area contributed by atoms with Crippen molar-refractivity contribution in [2.24, 2.45) is 7.05 Å². The molecule has 0 aliphatic heterocycles. The van der Waals surface area contributed by atoms with E-state index in [1.807, 2.05) is 61.2 Å². The van der Waals surface area contributed by atoms with Crippen LogP contribution < -0.4 is 4.74 Å². The molecule has 0 N–H and O–H groups in total. The first-order valence-electron chi connectivity index (χ1n) is 6.48. The van der Waals surface area contributed by atoms with Crippen molar-refractivity contribution in [1.29, 1.82) is 0 Å². The van der Waals surface area contributed by atoms with Gasteiger partial charge in [-0.3, -0.25) is 4.68 Å². The Labute approximate surface area is 117 Å². The summed E-state index contributed by atoms with van der Waals surface area (Å²) in [6, 6.07) is 11.7.